The standard InChI is InChI=1S/C21H20INO4S/c1-3-27-19-16(22)11-15(12-17(19)26-2)13-18-20(24)23(21(25)28-18)10-9-14-7-5-4-6-8-14/h4-8,11-13H,3,9-10H2,1-2H3/b18-13-. The zero-order chi connectivity index (χ0) is 20.1. The number of ether oxygens (including phenoxy) is 2. The maximum absolute atomic E-state index is 12.7. The van der Waals surface area contributed by atoms with Gasteiger partial charge in [-0.3, -0.25) is 14.5 Å². The normalized spacial score (nSPS) is 15.4. The van der Waals surface area contributed by atoms with Crippen molar-refractivity contribution in [1.82, 2.24) is 4.90 Å². The Hall–Kier alpha value is -2.00. The Labute approximate surface area is 182 Å². The Morgan fingerprint density at radius 3 is 2.61 bits per heavy atom. The van der Waals surface area contributed by atoms with Gasteiger partial charge >= 0.3 is 0 Å². The molecule has 1 aliphatic rings. The highest BCUT2D eigenvalue weighted by molar-refractivity contribution is 14.1. The van der Waals surface area contributed by atoms with Gasteiger partial charge in [0.25, 0.3) is 11.1 Å². The highest BCUT2D eigenvalue weighted by Gasteiger charge is 2.34. The summed E-state index contributed by atoms with van der Waals surface area (Å²) in [4.78, 5) is 26.7. The molecule has 1 saturated heterocycles. The molecule has 2 amide bonds. The first-order chi connectivity index (χ1) is 13.5. The van der Waals surface area contributed by atoms with Crippen LogP contribution in [0.15, 0.2) is 47.4 Å². The van der Waals surface area contributed by atoms with E-state index in [0.29, 0.717) is 36.0 Å². The Morgan fingerprint density at radius 1 is 1.18 bits per heavy atom. The van der Waals surface area contributed by atoms with E-state index < -0.39 is 0 Å². The summed E-state index contributed by atoms with van der Waals surface area (Å²) in [6.07, 6.45) is 2.37. The zero-order valence-electron chi connectivity index (χ0n) is 15.6. The minimum atomic E-state index is -0.256. The van der Waals surface area contributed by atoms with Gasteiger partial charge in [0, 0.05) is 6.54 Å². The molecular formula is C21H20INO4S. The number of methoxy groups -OCH3 is 1. The highest BCUT2D eigenvalue weighted by Crippen LogP contribution is 2.37. The van der Waals surface area contributed by atoms with E-state index in [1.807, 2.05) is 49.4 Å². The number of imide groups is 1. The van der Waals surface area contributed by atoms with Gasteiger partial charge in [0.2, 0.25) is 0 Å². The summed E-state index contributed by atoms with van der Waals surface area (Å²) in [7, 11) is 1.58. The van der Waals surface area contributed by atoms with Crippen molar-refractivity contribution < 1.29 is 19.1 Å². The van der Waals surface area contributed by atoms with Crippen molar-refractivity contribution in [1.29, 1.82) is 0 Å². The lowest BCUT2D eigenvalue weighted by Crippen LogP contribution is -2.30. The summed E-state index contributed by atoms with van der Waals surface area (Å²) in [6.45, 7) is 2.82. The van der Waals surface area contributed by atoms with Crippen LogP contribution in [0.3, 0.4) is 0 Å². The van der Waals surface area contributed by atoms with Gasteiger partial charge in [-0.1, -0.05) is 30.3 Å². The van der Waals surface area contributed by atoms with Gasteiger partial charge in [-0.15, -0.1) is 0 Å². The topological polar surface area (TPSA) is 55.8 Å². The molecule has 1 aliphatic heterocycles. The Bertz CT molecular complexity index is 914. The van der Waals surface area contributed by atoms with E-state index in [1.54, 1.807) is 13.2 Å². The number of amides is 2. The van der Waals surface area contributed by atoms with Crippen molar-refractivity contribution in [2.75, 3.05) is 20.3 Å². The number of hydrogen-bond acceptors (Lipinski definition) is 5. The van der Waals surface area contributed by atoms with Crippen LogP contribution in [0.5, 0.6) is 11.5 Å². The SMILES string of the molecule is CCOc1c(I)cc(/C=C2\SC(=O)N(CCc3ccccc3)C2=O)cc1OC. The first-order valence-corrected chi connectivity index (χ1v) is 10.7. The number of halogens is 1. The van der Waals surface area contributed by atoms with E-state index in [9.17, 15) is 9.59 Å². The van der Waals surface area contributed by atoms with Crippen LogP contribution >= 0.6 is 34.4 Å². The van der Waals surface area contributed by atoms with Crippen molar-refractivity contribution >= 4 is 51.6 Å². The molecule has 0 unspecified atom stereocenters. The number of thioether (sulfide) groups is 1. The van der Waals surface area contributed by atoms with Crippen LogP contribution in [-0.4, -0.2) is 36.3 Å². The molecule has 7 heteroatoms. The van der Waals surface area contributed by atoms with E-state index in [0.717, 1.165) is 26.5 Å². The quantitative estimate of drug-likeness (QED) is 0.390. The molecule has 0 bridgehead atoms. The minimum absolute atomic E-state index is 0.236. The second-order valence-corrected chi connectivity index (χ2v) is 8.19. The summed E-state index contributed by atoms with van der Waals surface area (Å²) in [5.41, 5.74) is 1.88. The van der Waals surface area contributed by atoms with E-state index in [2.05, 4.69) is 22.6 Å². The van der Waals surface area contributed by atoms with Gasteiger partial charge in [-0.2, -0.15) is 0 Å². The smallest absolute Gasteiger partial charge is 0.293 e. The zero-order valence-corrected chi connectivity index (χ0v) is 18.6. The lowest BCUT2D eigenvalue weighted by atomic mass is 10.1. The van der Waals surface area contributed by atoms with Crippen molar-refractivity contribution in [2.45, 2.75) is 13.3 Å². The molecule has 0 aromatic heterocycles. The first kappa shape index (κ1) is 20.7. The average molecular weight is 509 g/mol. The van der Waals surface area contributed by atoms with E-state index >= 15 is 0 Å². The highest BCUT2D eigenvalue weighted by atomic mass is 127. The van der Waals surface area contributed by atoms with Crippen LogP contribution < -0.4 is 9.47 Å². The Kier molecular flexibility index (Phi) is 7.01. The maximum Gasteiger partial charge on any atom is 0.293 e. The molecule has 1 heterocycles. The minimum Gasteiger partial charge on any atom is -0.493 e. The number of benzene rings is 2. The second kappa shape index (κ2) is 9.47. The number of hydrogen-bond donors (Lipinski definition) is 0. The Balaban J connectivity index is 1.78. The number of nitrogens with zero attached hydrogens (tertiary/aromatic N) is 1. The number of carbonyl (C=O) groups excluding carboxylic acids is 2. The van der Waals surface area contributed by atoms with Gasteiger partial charge in [0.1, 0.15) is 0 Å². The van der Waals surface area contributed by atoms with Crippen LogP contribution in [0.4, 0.5) is 4.79 Å². The fraction of sp³-hybridized carbons (Fsp3) is 0.238. The molecule has 5 nitrogen and oxygen atoms in total. The number of rotatable bonds is 7. The third kappa shape index (κ3) is 4.70. The van der Waals surface area contributed by atoms with Crippen LogP contribution in [0.1, 0.15) is 18.1 Å². The molecule has 2 aromatic rings. The molecule has 1 fully saturated rings. The summed E-state index contributed by atoms with van der Waals surface area (Å²) in [5.74, 6) is 1.02. The molecular weight excluding hydrogens is 489 g/mol. The molecule has 146 valence electrons. The summed E-state index contributed by atoms with van der Waals surface area (Å²) in [5, 5.41) is -0.236. The summed E-state index contributed by atoms with van der Waals surface area (Å²) in [6, 6.07) is 13.5. The van der Waals surface area contributed by atoms with E-state index in [4.69, 9.17) is 9.47 Å². The monoisotopic (exact) mass is 509 g/mol. The maximum atomic E-state index is 12.7. The van der Waals surface area contributed by atoms with Crippen molar-refractivity contribution in [3.63, 3.8) is 0 Å². The number of carbonyl (C=O) groups is 2. The molecule has 28 heavy (non-hydrogen) atoms. The summed E-state index contributed by atoms with van der Waals surface area (Å²) >= 11 is 3.14. The lowest BCUT2D eigenvalue weighted by Gasteiger charge is -2.13. The van der Waals surface area contributed by atoms with Crippen LogP contribution in [-0.2, 0) is 11.2 Å². The largest absolute Gasteiger partial charge is 0.493 e. The first-order valence-electron chi connectivity index (χ1n) is 8.83. The van der Waals surface area contributed by atoms with Gasteiger partial charge in [-0.05, 0) is 77.0 Å². The van der Waals surface area contributed by atoms with Crippen LogP contribution in [0, 0.1) is 3.57 Å². The predicted molar refractivity (Wildman–Crippen MR) is 120 cm³/mol. The lowest BCUT2D eigenvalue weighted by molar-refractivity contribution is -0.122. The molecule has 0 atom stereocenters. The van der Waals surface area contributed by atoms with Gasteiger partial charge in [0.05, 0.1) is 22.2 Å². The molecule has 0 saturated carbocycles. The van der Waals surface area contributed by atoms with Gasteiger partial charge in [-0.25, -0.2) is 0 Å². The van der Waals surface area contributed by atoms with Crippen molar-refractivity contribution in [3.05, 3.63) is 62.1 Å². The second-order valence-electron chi connectivity index (χ2n) is 6.04. The predicted octanol–water partition coefficient (Wildman–Crippen LogP) is 4.98. The van der Waals surface area contributed by atoms with E-state index in [-0.39, 0.29) is 11.1 Å². The van der Waals surface area contributed by atoms with Gasteiger partial charge in [0.15, 0.2) is 11.5 Å². The molecule has 2 aromatic carbocycles. The molecule has 0 spiro atoms. The fourth-order valence-corrected chi connectivity index (χ4v) is 4.48. The van der Waals surface area contributed by atoms with E-state index in [1.165, 1.54) is 4.90 Å². The summed E-state index contributed by atoms with van der Waals surface area (Å²) < 4.78 is 11.9. The third-order valence-electron chi connectivity index (χ3n) is 4.18. The molecule has 0 radical (unpaired) electrons. The van der Waals surface area contributed by atoms with Gasteiger partial charge < -0.3 is 9.47 Å². The fourth-order valence-electron chi connectivity index (χ4n) is 2.84. The average Bonchev–Trinajstić information content (AvgIpc) is 2.95. The molecule has 0 aliphatic carbocycles. The van der Waals surface area contributed by atoms with Crippen LogP contribution in [0.2, 0.25) is 0 Å². The molecule has 3 rings (SSSR count). The third-order valence-corrected chi connectivity index (χ3v) is 5.89. The Morgan fingerprint density at radius 2 is 1.93 bits per heavy atom. The van der Waals surface area contributed by atoms with Crippen LogP contribution in [0.25, 0.3) is 6.08 Å². The van der Waals surface area contributed by atoms with Crippen molar-refractivity contribution in [2.24, 2.45) is 0 Å². The molecule has 0 N–H and O–H groups in total. The van der Waals surface area contributed by atoms with Crippen molar-refractivity contribution in [3.8, 4) is 11.5 Å².